The number of hydrogen-bond donors (Lipinski definition) is 3. The van der Waals surface area contributed by atoms with Gasteiger partial charge in [-0.25, -0.2) is 0 Å². The molecule has 9 heteroatoms. The van der Waals surface area contributed by atoms with Crippen molar-refractivity contribution in [2.75, 3.05) is 18.9 Å². The monoisotopic (exact) mass is 252 g/mol. The Morgan fingerprint density at radius 2 is 2.29 bits per heavy atom. The summed E-state index contributed by atoms with van der Waals surface area (Å²) in [5.74, 6) is -0.364. The van der Waals surface area contributed by atoms with E-state index in [4.69, 9.17) is 5.73 Å². The number of nitrogen functional groups attached to an aromatic ring is 1. The van der Waals surface area contributed by atoms with Gasteiger partial charge in [0.15, 0.2) is 0 Å². The van der Waals surface area contributed by atoms with Gasteiger partial charge in [-0.2, -0.15) is 18.3 Å². The quantitative estimate of drug-likeness (QED) is 0.697. The number of halogens is 3. The molecule has 1 amide bonds. The number of carbonyl (C=O) groups excluding carboxylic acids is 1. The van der Waals surface area contributed by atoms with Crippen molar-refractivity contribution in [3.8, 4) is 0 Å². The van der Waals surface area contributed by atoms with Gasteiger partial charge in [-0.05, 0) is 0 Å². The number of amides is 1. The number of nitrogens with one attached hydrogen (secondary N) is 2. The van der Waals surface area contributed by atoms with Crippen molar-refractivity contribution >= 4 is 11.7 Å². The lowest BCUT2D eigenvalue weighted by molar-refractivity contribution is -0.175. The number of aromatic nitrogens is 2. The summed E-state index contributed by atoms with van der Waals surface area (Å²) >= 11 is 0. The van der Waals surface area contributed by atoms with E-state index in [1.165, 1.54) is 6.20 Å². The van der Waals surface area contributed by atoms with Gasteiger partial charge in [-0.3, -0.25) is 9.89 Å². The molecule has 0 aromatic carbocycles. The molecular formula is C8H11F3N4O2. The summed E-state index contributed by atoms with van der Waals surface area (Å²) in [6, 6.07) is 0. The van der Waals surface area contributed by atoms with Crippen LogP contribution in [0.2, 0.25) is 0 Å². The molecule has 0 radical (unpaired) electrons. The lowest BCUT2D eigenvalue weighted by Crippen LogP contribution is -2.29. The average Bonchev–Trinajstić information content (AvgIpc) is 2.59. The molecule has 0 fully saturated rings. The highest BCUT2D eigenvalue weighted by atomic mass is 19.4. The van der Waals surface area contributed by atoms with E-state index in [2.05, 4.69) is 20.3 Å². The van der Waals surface area contributed by atoms with Gasteiger partial charge in [0.2, 0.25) is 5.91 Å². The Kier molecular flexibility index (Phi) is 4.32. The molecule has 0 bridgehead atoms. The van der Waals surface area contributed by atoms with Gasteiger partial charge >= 0.3 is 6.18 Å². The number of carbonyl (C=O) groups is 1. The number of anilines is 1. The van der Waals surface area contributed by atoms with Crippen LogP contribution >= 0.6 is 0 Å². The maximum absolute atomic E-state index is 11.7. The van der Waals surface area contributed by atoms with Crippen molar-refractivity contribution in [2.24, 2.45) is 0 Å². The van der Waals surface area contributed by atoms with E-state index in [1.807, 2.05) is 0 Å². The maximum Gasteiger partial charge on any atom is 0.411 e. The van der Waals surface area contributed by atoms with Crippen LogP contribution in [-0.2, 0) is 16.1 Å². The van der Waals surface area contributed by atoms with Gasteiger partial charge in [-0.1, -0.05) is 0 Å². The second kappa shape index (κ2) is 5.53. The number of H-pyrrole nitrogens is 1. The zero-order chi connectivity index (χ0) is 12.9. The van der Waals surface area contributed by atoms with Crippen molar-refractivity contribution < 1.29 is 22.7 Å². The summed E-state index contributed by atoms with van der Waals surface area (Å²) in [6.07, 6.45) is -3.03. The number of ether oxygens (including phenoxy) is 1. The lowest BCUT2D eigenvalue weighted by Gasteiger charge is -2.07. The second-order valence-corrected chi connectivity index (χ2v) is 3.19. The fourth-order valence-electron chi connectivity index (χ4n) is 0.966. The molecule has 0 aliphatic carbocycles. The second-order valence-electron chi connectivity index (χ2n) is 3.19. The highest BCUT2D eigenvalue weighted by molar-refractivity contribution is 5.77. The summed E-state index contributed by atoms with van der Waals surface area (Å²) in [6.45, 7) is -2.03. The Morgan fingerprint density at radius 1 is 1.59 bits per heavy atom. The number of hydrogen-bond acceptors (Lipinski definition) is 4. The van der Waals surface area contributed by atoms with Crippen LogP contribution in [-0.4, -0.2) is 35.5 Å². The molecule has 0 aliphatic heterocycles. The van der Waals surface area contributed by atoms with Crippen LogP contribution in [0.5, 0.6) is 0 Å². The molecule has 1 heterocycles. The van der Waals surface area contributed by atoms with E-state index in [0.717, 1.165) is 0 Å². The fraction of sp³-hybridized carbons (Fsp3) is 0.500. The van der Waals surface area contributed by atoms with Crippen LogP contribution in [0.1, 0.15) is 5.56 Å². The molecule has 0 spiro atoms. The van der Waals surface area contributed by atoms with E-state index < -0.39 is 25.3 Å². The number of rotatable bonds is 5. The summed E-state index contributed by atoms with van der Waals surface area (Å²) in [4.78, 5) is 11.1. The molecule has 17 heavy (non-hydrogen) atoms. The average molecular weight is 252 g/mol. The Morgan fingerprint density at radius 3 is 2.82 bits per heavy atom. The van der Waals surface area contributed by atoms with Crippen LogP contribution in [0.25, 0.3) is 0 Å². The van der Waals surface area contributed by atoms with E-state index in [1.54, 1.807) is 0 Å². The zero-order valence-corrected chi connectivity index (χ0v) is 8.67. The first-order valence-corrected chi connectivity index (χ1v) is 4.57. The molecular weight excluding hydrogens is 241 g/mol. The third-order valence-electron chi connectivity index (χ3n) is 1.73. The topological polar surface area (TPSA) is 93.0 Å². The van der Waals surface area contributed by atoms with Crippen LogP contribution in [0, 0.1) is 0 Å². The SMILES string of the molecule is Nc1[nH]ncc1CNC(=O)COCC(F)(F)F. The van der Waals surface area contributed by atoms with Crippen LogP contribution < -0.4 is 11.1 Å². The van der Waals surface area contributed by atoms with Gasteiger partial charge in [-0.15, -0.1) is 0 Å². The van der Waals surface area contributed by atoms with Gasteiger partial charge in [0.1, 0.15) is 19.0 Å². The Labute approximate surface area is 94.3 Å². The van der Waals surface area contributed by atoms with Crippen LogP contribution in [0.4, 0.5) is 19.0 Å². The smallest absolute Gasteiger partial charge is 0.384 e. The molecule has 0 saturated carbocycles. The first-order chi connectivity index (χ1) is 7.88. The van der Waals surface area contributed by atoms with Crippen molar-refractivity contribution in [3.63, 3.8) is 0 Å². The van der Waals surface area contributed by atoms with E-state index in [9.17, 15) is 18.0 Å². The lowest BCUT2D eigenvalue weighted by atomic mass is 10.3. The predicted octanol–water partition coefficient (Wildman–Crippen LogP) is 0.187. The minimum Gasteiger partial charge on any atom is -0.384 e. The van der Waals surface area contributed by atoms with Crippen molar-refractivity contribution in [1.82, 2.24) is 15.5 Å². The summed E-state index contributed by atoms with van der Waals surface area (Å²) in [5, 5.41) is 8.41. The Balaban J connectivity index is 2.20. The molecule has 0 atom stereocenters. The molecule has 1 aromatic heterocycles. The number of aromatic amines is 1. The first-order valence-electron chi connectivity index (χ1n) is 4.57. The summed E-state index contributed by atoms with van der Waals surface area (Å²) in [5.41, 5.74) is 5.98. The highest BCUT2D eigenvalue weighted by Crippen LogP contribution is 2.14. The molecule has 0 aliphatic rings. The molecule has 0 saturated heterocycles. The molecule has 1 rings (SSSR count). The molecule has 0 unspecified atom stereocenters. The van der Waals surface area contributed by atoms with Crippen molar-refractivity contribution in [3.05, 3.63) is 11.8 Å². The summed E-state index contributed by atoms with van der Waals surface area (Å²) < 4.78 is 39.2. The highest BCUT2D eigenvalue weighted by Gasteiger charge is 2.27. The maximum atomic E-state index is 11.7. The number of alkyl halides is 3. The third kappa shape index (κ3) is 5.20. The molecule has 96 valence electrons. The summed E-state index contributed by atoms with van der Waals surface area (Å²) in [7, 11) is 0. The van der Waals surface area contributed by atoms with Crippen molar-refractivity contribution in [1.29, 1.82) is 0 Å². The predicted molar refractivity (Wildman–Crippen MR) is 51.7 cm³/mol. The van der Waals surface area contributed by atoms with Crippen molar-refractivity contribution in [2.45, 2.75) is 12.7 Å². The van der Waals surface area contributed by atoms with E-state index >= 15 is 0 Å². The molecule has 6 nitrogen and oxygen atoms in total. The van der Waals surface area contributed by atoms with Gasteiger partial charge < -0.3 is 15.8 Å². The zero-order valence-electron chi connectivity index (χ0n) is 8.67. The minimum absolute atomic E-state index is 0.0799. The Hall–Kier alpha value is -1.77. The van der Waals surface area contributed by atoms with E-state index in [0.29, 0.717) is 11.4 Å². The largest absolute Gasteiger partial charge is 0.411 e. The third-order valence-corrected chi connectivity index (χ3v) is 1.73. The Bertz CT molecular complexity index is 377. The minimum atomic E-state index is -4.44. The number of nitrogens with two attached hydrogens (primary N) is 1. The first kappa shape index (κ1) is 13.3. The van der Waals surface area contributed by atoms with Gasteiger partial charge in [0.25, 0.3) is 0 Å². The van der Waals surface area contributed by atoms with Gasteiger partial charge in [0, 0.05) is 12.1 Å². The number of nitrogens with zero attached hydrogens (tertiary/aromatic N) is 1. The van der Waals surface area contributed by atoms with Crippen LogP contribution in [0.3, 0.4) is 0 Å². The van der Waals surface area contributed by atoms with Crippen LogP contribution in [0.15, 0.2) is 6.20 Å². The normalized spacial score (nSPS) is 11.5. The molecule has 1 aromatic rings. The molecule has 4 N–H and O–H groups in total. The standard InChI is InChI=1S/C8H11F3N4O2/c9-8(10,11)4-17-3-6(16)13-1-5-2-14-15-7(5)12/h2H,1,3-4H2,(H,13,16)(H3,12,14,15). The van der Waals surface area contributed by atoms with E-state index in [-0.39, 0.29) is 6.54 Å². The fourth-order valence-corrected chi connectivity index (χ4v) is 0.966. The van der Waals surface area contributed by atoms with Gasteiger partial charge in [0.05, 0.1) is 6.20 Å².